The third-order valence-electron chi connectivity index (χ3n) is 2.04. The molecule has 0 aliphatic carbocycles. The van der Waals surface area contributed by atoms with Crippen LogP contribution in [0.2, 0.25) is 0 Å². The molecular weight excluding hydrogens is 286 g/mol. The Morgan fingerprint density at radius 1 is 1.31 bits per heavy atom. The maximum atomic E-state index is 4.30. The van der Waals surface area contributed by atoms with Crippen LogP contribution in [0.1, 0.15) is 15.4 Å². The van der Waals surface area contributed by atoms with E-state index < -0.39 is 0 Å². The number of rotatable bonds is 4. The largest absolute Gasteiger partial charge is 0.306 e. The molecular formula is C11H12BrN3S. The molecule has 1 N–H and O–H groups in total. The summed E-state index contributed by atoms with van der Waals surface area (Å²) in [7, 11) is 0. The van der Waals surface area contributed by atoms with E-state index in [-0.39, 0.29) is 0 Å². The predicted molar refractivity (Wildman–Crippen MR) is 69.3 cm³/mol. The van der Waals surface area contributed by atoms with Gasteiger partial charge in [-0.25, -0.2) is 4.98 Å². The van der Waals surface area contributed by atoms with Crippen LogP contribution < -0.4 is 5.32 Å². The molecule has 0 unspecified atom stereocenters. The van der Waals surface area contributed by atoms with Crippen molar-refractivity contribution in [3.63, 3.8) is 0 Å². The van der Waals surface area contributed by atoms with Crippen molar-refractivity contribution >= 4 is 27.3 Å². The standard InChI is InChI=1S/C11H12BrN3S/c1-8-3-15-11(16-8)7-14-5-9-2-10(12)6-13-4-9/h2-4,6,14H,5,7H2,1H3. The van der Waals surface area contributed by atoms with Gasteiger partial charge in [0.05, 0.1) is 0 Å². The SMILES string of the molecule is Cc1cnc(CNCc2cncc(Br)c2)s1. The van der Waals surface area contributed by atoms with E-state index in [2.05, 4.69) is 44.2 Å². The average molecular weight is 298 g/mol. The van der Waals surface area contributed by atoms with Crippen LogP contribution in [0.25, 0.3) is 0 Å². The zero-order valence-corrected chi connectivity index (χ0v) is 11.3. The van der Waals surface area contributed by atoms with Crippen LogP contribution in [-0.2, 0) is 13.1 Å². The predicted octanol–water partition coefficient (Wildman–Crippen LogP) is 2.90. The van der Waals surface area contributed by atoms with Gasteiger partial charge in [0, 0.05) is 41.0 Å². The summed E-state index contributed by atoms with van der Waals surface area (Å²) in [5.74, 6) is 0. The second-order valence-electron chi connectivity index (χ2n) is 3.48. The summed E-state index contributed by atoms with van der Waals surface area (Å²) in [5.41, 5.74) is 1.17. The van der Waals surface area contributed by atoms with Crippen molar-refractivity contribution in [2.24, 2.45) is 0 Å². The van der Waals surface area contributed by atoms with Crippen LogP contribution in [0.5, 0.6) is 0 Å². The van der Waals surface area contributed by atoms with Crippen molar-refractivity contribution in [2.45, 2.75) is 20.0 Å². The highest BCUT2D eigenvalue weighted by Crippen LogP contribution is 2.12. The maximum Gasteiger partial charge on any atom is 0.107 e. The molecule has 0 aliphatic rings. The van der Waals surface area contributed by atoms with E-state index >= 15 is 0 Å². The Hall–Kier alpha value is -0.780. The average Bonchev–Trinajstić information content (AvgIpc) is 2.64. The molecule has 3 nitrogen and oxygen atoms in total. The molecule has 0 atom stereocenters. The monoisotopic (exact) mass is 297 g/mol. The Labute approximate surface area is 107 Å². The summed E-state index contributed by atoms with van der Waals surface area (Å²) in [6, 6.07) is 2.06. The number of halogens is 1. The van der Waals surface area contributed by atoms with Gasteiger partial charge in [-0.2, -0.15) is 0 Å². The van der Waals surface area contributed by atoms with Gasteiger partial charge in [0.15, 0.2) is 0 Å². The summed E-state index contributed by atoms with van der Waals surface area (Å²) < 4.78 is 1.01. The molecule has 0 bridgehead atoms. The lowest BCUT2D eigenvalue weighted by Gasteiger charge is -2.02. The third kappa shape index (κ3) is 3.37. The Morgan fingerprint density at radius 2 is 2.19 bits per heavy atom. The van der Waals surface area contributed by atoms with Gasteiger partial charge >= 0.3 is 0 Å². The molecule has 0 amide bonds. The third-order valence-corrected chi connectivity index (χ3v) is 3.38. The number of aromatic nitrogens is 2. The molecule has 0 aromatic carbocycles. The minimum Gasteiger partial charge on any atom is -0.306 e. The molecule has 5 heteroatoms. The van der Waals surface area contributed by atoms with Crippen LogP contribution in [-0.4, -0.2) is 9.97 Å². The van der Waals surface area contributed by atoms with E-state index in [0.717, 1.165) is 22.6 Å². The molecule has 0 saturated heterocycles. The summed E-state index contributed by atoms with van der Waals surface area (Å²) in [4.78, 5) is 9.66. The number of thiazole rings is 1. The first-order valence-electron chi connectivity index (χ1n) is 4.95. The van der Waals surface area contributed by atoms with E-state index in [9.17, 15) is 0 Å². The summed E-state index contributed by atoms with van der Waals surface area (Å²) in [5, 5.41) is 4.47. The number of pyridine rings is 1. The molecule has 16 heavy (non-hydrogen) atoms. The van der Waals surface area contributed by atoms with E-state index in [1.807, 2.05) is 12.4 Å². The zero-order valence-electron chi connectivity index (χ0n) is 8.90. The van der Waals surface area contributed by atoms with Gasteiger partial charge in [-0.1, -0.05) is 0 Å². The fourth-order valence-corrected chi connectivity index (χ4v) is 2.52. The fourth-order valence-electron chi connectivity index (χ4n) is 1.35. The van der Waals surface area contributed by atoms with Crippen molar-refractivity contribution in [3.8, 4) is 0 Å². The Kier molecular flexibility index (Phi) is 4.04. The highest BCUT2D eigenvalue weighted by atomic mass is 79.9. The summed E-state index contributed by atoms with van der Waals surface area (Å²) in [6.07, 6.45) is 5.56. The maximum absolute atomic E-state index is 4.30. The molecule has 2 heterocycles. The van der Waals surface area contributed by atoms with Gasteiger partial charge < -0.3 is 5.32 Å². The molecule has 2 aromatic rings. The summed E-state index contributed by atoms with van der Waals surface area (Å²) >= 11 is 5.13. The van der Waals surface area contributed by atoms with Crippen LogP contribution in [0.4, 0.5) is 0 Å². The first kappa shape index (κ1) is 11.7. The second kappa shape index (κ2) is 5.52. The van der Waals surface area contributed by atoms with Crippen LogP contribution in [0.15, 0.2) is 29.1 Å². The number of aryl methyl sites for hydroxylation is 1. The lowest BCUT2D eigenvalue weighted by Crippen LogP contribution is -2.12. The molecule has 0 radical (unpaired) electrons. The first-order chi connectivity index (χ1) is 7.74. The van der Waals surface area contributed by atoms with E-state index in [0.29, 0.717) is 0 Å². The molecule has 0 fully saturated rings. The smallest absolute Gasteiger partial charge is 0.107 e. The molecule has 2 aromatic heterocycles. The number of nitrogens with zero attached hydrogens (tertiary/aromatic N) is 2. The van der Waals surface area contributed by atoms with Crippen LogP contribution in [0, 0.1) is 6.92 Å². The Balaban J connectivity index is 1.84. The number of nitrogens with one attached hydrogen (secondary N) is 1. The Bertz CT molecular complexity index is 470. The Morgan fingerprint density at radius 3 is 2.88 bits per heavy atom. The quantitative estimate of drug-likeness (QED) is 0.943. The lowest BCUT2D eigenvalue weighted by molar-refractivity contribution is 0.688. The van der Waals surface area contributed by atoms with Gasteiger partial charge in [-0.3, -0.25) is 4.98 Å². The van der Waals surface area contributed by atoms with Crippen molar-refractivity contribution in [1.29, 1.82) is 0 Å². The van der Waals surface area contributed by atoms with Gasteiger partial charge in [0.1, 0.15) is 5.01 Å². The van der Waals surface area contributed by atoms with Gasteiger partial charge in [-0.05, 0) is 34.5 Å². The van der Waals surface area contributed by atoms with E-state index in [4.69, 9.17) is 0 Å². The highest BCUT2D eigenvalue weighted by molar-refractivity contribution is 9.10. The van der Waals surface area contributed by atoms with E-state index in [1.54, 1.807) is 17.5 Å². The second-order valence-corrected chi connectivity index (χ2v) is 5.71. The highest BCUT2D eigenvalue weighted by Gasteiger charge is 1.99. The number of hydrogen-bond acceptors (Lipinski definition) is 4. The van der Waals surface area contributed by atoms with E-state index in [1.165, 1.54) is 10.4 Å². The molecule has 0 aliphatic heterocycles. The van der Waals surface area contributed by atoms with Crippen LogP contribution >= 0.6 is 27.3 Å². The van der Waals surface area contributed by atoms with Crippen molar-refractivity contribution in [3.05, 3.63) is 44.6 Å². The lowest BCUT2D eigenvalue weighted by atomic mass is 10.3. The van der Waals surface area contributed by atoms with Gasteiger partial charge in [0.25, 0.3) is 0 Å². The summed E-state index contributed by atoms with van der Waals surface area (Å²) in [6.45, 7) is 3.69. The van der Waals surface area contributed by atoms with Gasteiger partial charge in [0.2, 0.25) is 0 Å². The number of hydrogen-bond donors (Lipinski definition) is 1. The van der Waals surface area contributed by atoms with Crippen molar-refractivity contribution < 1.29 is 0 Å². The zero-order chi connectivity index (χ0) is 11.4. The van der Waals surface area contributed by atoms with Gasteiger partial charge in [-0.15, -0.1) is 11.3 Å². The van der Waals surface area contributed by atoms with Crippen molar-refractivity contribution in [2.75, 3.05) is 0 Å². The normalized spacial score (nSPS) is 10.6. The molecule has 84 valence electrons. The minimum atomic E-state index is 0.811. The first-order valence-corrected chi connectivity index (χ1v) is 6.56. The molecule has 0 saturated carbocycles. The van der Waals surface area contributed by atoms with Crippen molar-refractivity contribution in [1.82, 2.24) is 15.3 Å². The fraction of sp³-hybridized carbons (Fsp3) is 0.273. The minimum absolute atomic E-state index is 0.811. The molecule has 2 rings (SSSR count). The molecule has 0 spiro atoms. The topological polar surface area (TPSA) is 37.8 Å². The van der Waals surface area contributed by atoms with Crippen LogP contribution in [0.3, 0.4) is 0 Å².